The van der Waals surface area contributed by atoms with Crippen LogP contribution in [0.25, 0.3) is 0 Å². The summed E-state index contributed by atoms with van der Waals surface area (Å²) >= 11 is 7.66. The molecule has 0 saturated heterocycles. The van der Waals surface area contributed by atoms with Gasteiger partial charge in [-0.1, -0.05) is 32.4 Å². The Bertz CT molecular complexity index is 1220. The quantitative estimate of drug-likeness (QED) is 0.367. The Hall–Kier alpha value is -2.63. The molecule has 0 unspecified atom stereocenters. The van der Waals surface area contributed by atoms with E-state index in [1.807, 2.05) is 43.5 Å². The fraction of sp³-hybridized carbons (Fsp3) is 0.357. The smallest absolute Gasteiger partial charge is 0.259 e. The summed E-state index contributed by atoms with van der Waals surface area (Å²) in [5.74, 6) is 1.29. The van der Waals surface area contributed by atoms with Crippen LogP contribution < -0.4 is 10.1 Å². The van der Waals surface area contributed by atoms with Gasteiger partial charge in [-0.2, -0.15) is 0 Å². The summed E-state index contributed by atoms with van der Waals surface area (Å²) in [5, 5.41) is 4.45. The molecule has 1 atom stereocenters. The number of rotatable bonds is 5. The van der Waals surface area contributed by atoms with E-state index in [0.29, 0.717) is 16.5 Å². The first-order valence-electron chi connectivity index (χ1n) is 11.6. The highest BCUT2D eigenvalue weighted by Crippen LogP contribution is 2.45. The monoisotopic (exact) mass is 494 g/mol. The van der Waals surface area contributed by atoms with E-state index in [-0.39, 0.29) is 11.3 Å². The number of hydrogen-bond donors (Lipinski definition) is 1. The van der Waals surface area contributed by atoms with Gasteiger partial charge >= 0.3 is 0 Å². The van der Waals surface area contributed by atoms with Gasteiger partial charge in [0.1, 0.15) is 10.8 Å². The summed E-state index contributed by atoms with van der Waals surface area (Å²) in [5.41, 5.74) is 4.88. The normalized spacial score (nSPS) is 15.9. The molecule has 1 heterocycles. The molecule has 4 nitrogen and oxygen atoms in total. The van der Waals surface area contributed by atoms with Crippen molar-refractivity contribution in [2.24, 2.45) is 16.3 Å². The van der Waals surface area contributed by atoms with Crippen LogP contribution in [0.4, 0.5) is 10.7 Å². The van der Waals surface area contributed by atoms with Crippen LogP contribution >= 0.6 is 22.9 Å². The third-order valence-electron chi connectivity index (χ3n) is 6.60. The topological polar surface area (TPSA) is 50.7 Å². The molecule has 1 amide bonds. The molecule has 2 aromatic carbocycles. The van der Waals surface area contributed by atoms with Gasteiger partial charge < -0.3 is 10.1 Å². The first-order chi connectivity index (χ1) is 16.2. The number of benzene rings is 2. The molecule has 0 radical (unpaired) electrons. The van der Waals surface area contributed by atoms with Crippen LogP contribution in [0.2, 0.25) is 5.02 Å². The molecule has 34 heavy (non-hydrogen) atoms. The molecular weight excluding hydrogens is 464 g/mol. The fourth-order valence-electron chi connectivity index (χ4n) is 4.41. The van der Waals surface area contributed by atoms with Crippen LogP contribution in [0.15, 0.2) is 47.5 Å². The number of aryl methyl sites for hydroxylation is 1. The van der Waals surface area contributed by atoms with E-state index in [0.717, 1.165) is 52.4 Å². The Balaban J connectivity index is 1.70. The molecule has 4 rings (SSSR count). The standard InChI is InChI=1S/C28H31ClN2O2S/c1-17-14-22(33-5)12-6-18(17)16-30-27-25(26(32)31-21-10-8-20(29)9-11-21)23-13-7-19(28(2,3)4)15-24(23)34-27/h6,8-12,14,16,19H,7,13,15H2,1-5H3,(H,31,32)/t19-/m1/s1. The Morgan fingerprint density at radius 1 is 1.21 bits per heavy atom. The van der Waals surface area contributed by atoms with Crippen molar-refractivity contribution in [3.63, 3.8) is 0 Å². The van der Waals surface area contributed by atoms with E-state index in [9.17, 15) is 4.79 Å². The number of nitrogens with zero attached hydrogens (tertiary/aromatic N) is 1. The fourth-order valence-corrected chi connectivity index (χ4v) is 5.81. The van der Waals surface area contributed by atoms with Crippen molar-refractivity contribution >= 4 is 45.7 Å². The molecule has 6 heteroatoms. The van der Waals surface area contributed by atoms with Gasteiger partial charge in [0.05, 0.1) is 12.7 Å². The van der Waals surface area contributed by atoms with E-state index in [2.05, 4.69) is 26.1 Å². The summed E-state index contributed by atoms with van der Waals surface area (Å²) in [6.45, 7) is 8.94. The predicted molar refractivity (Wildman–Crippen MR) is 144 cm³/mol. The maximum absolute atomic E-state index is 13.5. The van der Waals surface area contributed by atoms with Crippen molar-refractivity contribution < 1.29 is 9.53 Å². The first-order valence-corrected chi connectivity index (χ1v) is 12.8. The van der Waals surface area contributed by atoms with Crippen LogP contribution in [-0.2, 0) is 12.8 Å². The van der Waals surface area contributed by atoms with Gasteiger partial charge in [-0.05, 0) is 96.7 Å². The Morgan fingerprint density at radius 2 is 1.94 bits per heavy atom. The summed E-state index contributed by atoms with van der Waals surface area (Å²) in [6, 6.07) is 13.1. The number of nitrogens with one attached hydrogen (secondary N) is 1. The Labute approximate surface area is 211 Å². The molecule has 0 spiro atoms. The SMILES string of the molecule is COc1ccc(C=Nc2sc3c(c2C(=O)Nc2ccc(Cl)cc2)CC[C@@H](C(C)(C)C)C3)c(C)c1. The summed E-state index contributed by atoms with van der Waals surface area (Å²) in [7, 11) is 1.66. The number of fused-ring (bicyclic) bond motifs is 1. The van der Waals surface area contributed by atoms with Crippen molar-refractivity contribution in [2.75, 3.05) is 12.4 Å². The molecule has 1 N–H and O–H groups in total. The minimum atomic E-state index is -0.118. The Morgan fingerprint density at radius 3 is 2.59 bits per heavy atom. The lowest BCUT2D eigenvalue weighted by Crippen LogP contribution is -2.27. The lowest BCUT2D eigenvalue weighted by atomic mass is 9.72. The lowest BCUT2D eigenvalue weighted by Gasteiger charge is -2.33. The number of halogens is 1. The number of aliphatic imine (C=N–C) groups is 1. The lowest BCUT2D eigenvalue weighted by molar-refractivity contribution is 0.102. The number of amides is 1. The number of carbonyl (C=O) groups excluding carboxylic acids is 1. The van der Waals surface area contributed by atoms with Crippen molar-refractivity contribution in [3.05, 3.63) is 74.6 Å². The van der Waals surface area contributed by atoms with Crippen LogP contribution in [-0.4, -0.2) is 19.2 Å². The van der Waals surface area contributed by atoms with Crippen LogP contribution in [0, 0.1) is 18.3 Å². The van der Waals surface area contributed by atoms with Crippen molar-refractivity contribution in [2.45, 2.75) is 47.0 Å². The molecular formula is C28H31ClN2O2S. The van der Waals surface area contributed by atoms with Crippen LogP contribution in [0.3, 0.4) is 0 Å². The highest BCUT2D eigenvalue weighted by atomic mass is 35.5. The molecule has 1 aliphatic carbocycles. The van der Waals surface area contributed by atoms with Gasteiger partial charge in [-0.3, -0.25) is 4.79 Å². The van der Waals surface area contributed by atoms with Crippen molar-refractivity contribution in [1.29, 1.82) is 0 Å². The molecule has 178 valence electrons. The minimum Gasteiger partial charge on any atom is -0.497 e. The minimum absolute atomic E-state index is 0.118. The highest BCUT2D eigenvalue weighted by Gasteiger charge is 2.33. The molecule has 0 bridgehead atoms. The number of carbonyl (C=O) groups is 1. The number of methoxy groups -OCH3 is 1. The van der Waals surface area contributed by atoms with Gasteiger partial charge in [0.2, 0.25) is 0 Å². The molecule has 0 saturated carbocycles. The third kappa shape index (κ3) is 5.37. The van der Waals surface area contributed by atoms with Gasteiger partial charge in [-0.15, -0.1) is 11.3 Å². The maximum atomic E-state index is 13.5. The third-order valence-corrected chi connectivity index (χ3v) is 8.01. The summed E-state index contributed by atoms with van der Waals surface area (Å²) in [4.78, 5) is 19.6. The number of thiophene rings is 1. The first kappa shape index (κ1) is 24.5. The zero-order valence-electron chi connectivity index (χ0n) is 20.4. The predicted octanol–water partition coefficient (Wildman–Crippen LogP) is 7.87. The van der Waals surface area contributed by atoms with E-state index < -0.39 is 0 Å². The van der Waals surface area contributed by atoms with Crippen LogP contribution in [0.1, 0.15) is 59.1 Å². The van der Waals surface area contributed by atoms with E-state index >= 15 is 0 Å². The molecule has 0 fully saturated rings. The molecule has 3 aromatic rings. The average Bonchev–Trinajstić information content (AvgIpc) is 3.17. The second-order valence-corrected chi connectivity index (χ2v) is 11.5. The largest absolute Gasteiger partial charge is 0.497 e. The number of ether oxygens (including phenoxy) is 1. The van der Waals surface area contributed by atoms with E-state index in [4.69, 9.17) is 21.3 Å². The average molecular weight is 495 g/mol. The zero-order chi connectivity index (χ0) is 24.5. The van der Waals surface area contributed by atoms with Crippen LogP contribution in [0.5, 0.6) is 5.75 Å². The molecule has 0 aliphatic heterocycles. The number of anilines is 1. The summed E-state index contributed by atoms with van der Waals surface area (Å²) in [6.07, 6.45) is 4.82. The van der Waals surface area contributed by atoms with E-state index in [1.54, 1.807) is 30.6 Å². The zero-order valence-corrected chi connectivity index (χ0v) is 21.9. The maximum Gasteiger partial charge on any atom is 0.259 e. The molecule has 1 aromatic heterocycles. The van der Waals surface area contributed by atoms with E-state index in [1.165, 1.54) is 4.88 Å². The summed E-state index contributed by atoms with van der Waals surface area (Å²) < 4.78 is 5.32. The van der Waals surface area contributed by atoms with Gasteiger partial charge in [0, 0.05) is 21.8 Å². The highest BCUT2D eigenvalue weighted by molar-refractivity contribution is 7.16. The van der Waals surface area contributed by atoms with Gasteiger partial charge in [-0.25, -0.2) is 4.99 Å². The second kappa shape index (κ2) is 9.93. The van der Waals surface area contributed by atoms with Gasteiger partial charge in [0.15, 0.2) is 0 Å². The number of hydrogen-bond acceptors (Lipinski definition) is 4. The second-order valence-electron chi connectivity index (χ2n) is 9.93. The molecule has 1 aliphatic rings. The van der Waals surface area contributed by atoms with Crippen molar-refractivity contribution in [1.82, 2.24) is 0 Å². The Kier molecular flexibility index (Phi) is 7.15. The van der Waals surface area contributed by atoms with Crippen molar-refractivity contribution in [3.8, 4) is 5.75 Å². The van der Waals surface area contributed by atoms with Gasteiger partial charge in [0.25, 0.3) is 5.91 Å².